The van der Waals surface area contributed by atoms with Crippen LogP contribution in [0.3, 0.4) is 0 Å². The first-order valence-corrected chi connectivity index (χ1v) is 10.7. The Morgan fingerprint density at radius 3 is 2.75 bits per heavy atom. The third-order valence-electron chi connectivity index (χ3n) is 5.56. The zero-order chi connectivity index (χ0) is 21.9. The van der Waals surface area contributed by atoms with E-state index in [1.807, 2.05) is 60.8 Å². The second-order valence-electron chi connectivity index (χ2n) is 7.60. The molecule has 5 rings (SSSR count). The Hall–Kier alpha value is -4.19. The summed E-state index contributed by atoms with van der Waals surface area (Å²) in [4.78, 5) is 28.9. The van der Waals surface area contributed by atoms with Gasteiger partial charge in [-0.2, -0.15) is 0 Å². The minimum absolute atomic E-state index is 0.212. The molecule has 0 radical (unpaired) electrons. The van der Waals surface area contributed by atoms with Crippen LogP contribution in [0.4, 0.5) is 0 Å². The number of nitrogens with zero attached hydrogens (tertiary/aromatic N) is 2. The Morgan fingerprint density at radius 2 is 1.94 bits per heavy atom. The van der Waals surface area contributed by atoms with Crippen molar-refractivity contribution in [3.05, 3.63) is 95.7 Å². The number of fused-ring (bicyclic) bond motifs is 2. The van der Waals surface area contributed by atoms with Crippen LogP contribution in [0, 0.1) is 0 Å². The minimum Gasteiger partial charge on any atom is -0.360 e. The highest BCUT2D eigenvalue weighted by atomic mass is 16.1. The molecule has 158 valence electrons. The van der Waals surface area contributed by atoms with Crippen molar-refractivity contribution in [1.29, 1.82) is 0 Å². The van der Waals surface area contributed by atoms with Crippen molar-refractivity contribution in [3.8, 4) is 0 Å². The number of pyridine rings is 1. The van der Waals surface area contributed by atoms with Gasteiger partial charge in [0.2, 0.25) is 0 Å². The molecule has 1 amide bonds. The molecule has 6 nitrogen and oxygen atoms in total. The summed E-state index contributed by atoms with van der Waals surface area (Å²) in [5.74, 6) is 0.321. The maximum absolute atomic E-state index is 13.3. The number of rotatable bonds is 6. The van der Waals surface area contributed by atoms with Crippen LogP contribution < -0.4 is 5.32 Å². The number of H-pyrrole nitrogens is 2. The van der Waals surface area contributed by atoms with Crippen LogP contribution >= 0.6 is 0 Å². The van der Waals surface area contributed by atoms with E-state index in [1.165, 1.54) is 5.56 Å². The van der Waals surface area contributed by atoms with Crippen LogP contribution in [0.1, 0.15) is 29.6 Å². The van der Waals surface area contributed by atoms with Crippen LogP contribution in [0.5, 0.6) is 0 Å². The minimum atomic E-state index is -0.212. The maximum atomic E-state index is 13.3. The summed E-state index contributed by atoms with van der Waals surface area (Å²) < 4.78 is 0. The average molecular weight is 422 g/mol. The van der Waals surface area contributed by atoms with Crippen LogP contribution in [0.25, 0.3) is 33.6 Å². The number of para-hydroxylation sites is 3. The van der Waals surface area contributed by atoms with E-state index in [1.54, 1.807) is 6.20 Å². The molecule has 5 aromatic rings. The Kier molecular flexibility index (Phi) is 5.25. The molecular formula is C26H23N5O. The first-order chi connectivity index (χ1) is 15.7. The molecule has 0 saturated carbocycles. The summed E-state index contributed by atoms with van der Waals surface area (Å²) >= 11 is 0. The van der Waals surface area contributed by atoms with Gasteiger partial charge in [0.15, 0.2) is 0 Å². The van der Waals surface area contributed by atoms with E-state index in [-0.39, 0.29) is 5.91 Å². The summed E-state index contributed by atoms with van der Waals surface area (Å²) in [6.07, 6.45) is 6.49. The predicted octanol–water partition coefficient (Wildman–Crippen LogP) is 4.86. The largest absolute Gasteiger partial charge is 0.360 e. The number of hydrogen-bond acceptors (Lipinski definition) is 3. The molecule has 0 aliphatic carbocycles. The van der Waals surface area contributed by atoms with E-state index in [0.717, 1.165) is 39.6 Å². The number of carbonyl (C=O) groups is 1. The number of benzene rings is 2. The quantitative estimate of drug-likeness (QED) is 0.342. The predicted molar refractivity (Wildman–Crippen MR) is 128 cm³/mol. The summed E-state index contributed by atoms with van der Waals surface area (Å²) in [5, 5.41) is 4.06. The fourth-order valence-corrected chi connectivity index (χ4v) is 3.90. The molecule has 0 aliphatic heterocycles. The van der Waals surface area contributed by atoms with Gasteiger partial charge < -0.3 is 15.3 Å². The lowest BCUT2D eigenvalue weighted by Gasteiger charge is -2.07. The lowest BCUT2D eigenvalue weighted by Crippen LogP contribution is -2.24. The fraction of sp³-hybridized carbons (Fsp3) is 0.115. The Bertz CT molecular complexity index is 1400. The number of hydrogen-bond donors (Lipinski definition) is 3. The van der Waals surface area contributed by atoms with Gasteiger partial charge in [-0.25, -0.2) is 4.98 Å². The second kappa shape index (κ2) is 8.51. The third kappa shape index (κ3) is 3.78. The highest BCUT2D eigenvalue weighted by molar-refractivity contribution is 6.24. The second-order valence-corrected chi connectivity index (χ2v) is 7.60. The lowest BCUT2D eigenvalue weighted by atomic mass is 10.0. The number of imidazole rings is 1. The van der Waals surface area contributed by atoms with E-state index < -0.39 is 0 Å². The first kappa shape index (κ1) is 19.8. The summed E-state index contributed by atoms with van der Waals surface area (Å²) in [7, 11) is 0. The zero-order valence-corrected chi connectivity index (χ0v) is 17.7. The van der Waals surface area contributed by atoms with Crippen molar-refractivity contribution in [2.24, 2.45) is 0 Å². The number of aromatic amines is 2. The molecule has 0 bridgehead atoms. The average Bonchev–Trinajstić information content (AvgIpc) is 3.45. The smallest absolute Gasteiger partial charge is 0.255 e. The molecule has 32 heavy (non-hydrogen) atoms. The monoisotopic (exact) mass is 421 g/mol. The Balaban J connectivity index is 1.57. The van der Waals surface area contributed by atoms with E-state index in [4.69, 9.17) is 0 Å². The summed E-state index contributed by atoms with van der Waals surface area (Å²) in [6.45, 7) is 2.47. The van der Waals surface area contributed by atoms with E-state index in [0.29, 0.717) is 17.9 Å². The number of carbonyl (C=O) groups excluding carboxylic acids is 1. The number of aryl methyl sites for hydroxylation is 1. The topological polar surface area (TPSA) is 86.5 Å². The normalized spacial score (nSPS) is 11.8. The summed E-state index contributed by atoms with van der Waals surface area (Å²) in [6, 6.07) is 19.6. The van der Waals surface area contributed by atoms with Gasteiger partial charge in [-0.3, -0.25) is 9.78 Å². The maximum Gasteiger partial charge on any atom is 0.255 e. The first-order valence-electron chi connectivity index (χ1n) is 10.7. The molecule has 0 atom stereocenters. The van der Waals surface area contributed by atoms with Crippen LogP contribution in [-0.2, 0) is 17.8 Å². The van der Waals surface area contributed by atoms with Crippen molar-refractivity contribution >= 4 is 39.5 Å². The molecule has 3 aromatic heterocycles. The fourth-order valence-electron chi connectivity index (χ4n) is 3.90. The number of aromatic nitrogens is 4. The van der Waals surface area contributed by atoms with Gasteiger partial charge in [-0.05, 0) is 42.3 Å². The Labute approximate surface area is 185 Å². The molecule has 0 saturated heterocycles. The van der Waals surface area contributed by atoms with Crippen LogP contribution in [-0.4, -0.2) is 25.8 Å². The van der Waals surface area contributed by atoms with Crippen LogP contribution in [0.2, 0.25) is 0 Å². The highest BCUT2D eigenvalue weighted by Gasteiger charge is 2.18. The van der Waals surface area contributed by atoms with E-state index >= 15 is 0 Å². The highest BCUT2D eigenvalue weighted by Crippen LogP contribution is 2.27. The molecule has 0 fully saturated rings. The van der Waals surface area contributed by atoms with E-state index in [9.17, 15) is 4.79 Å². The number of nitrogens with one attached hydrogen (secondary N) is 3. The molecule has 2 aromatic carbocycles. The Morgan fingerprint density at radius 1 is 1.06 bits per heavy atom. The molecular weight excluding hydrogens is 398 g/mol. The van der Waals surface area contributed by atoms with Gasteiger partial charge in [-0.15, -0.1) is 0 Å². The van der Waals surface area contributed by atoms with Crippen LogP contribution in [0.15, 0.2) is 73.1 Å². The van der Waals surface area contributed by atoms with Gasteiger partial charge in [0.25, 0.3) is 5.91 Å². The van der Waals surface area contributed by atoms with Gasteiger partial charge in [-0.1, -0.05) is 43.3 Å². The zero-order valence-electron chi connectivity index (χ0n) is 17.7. The SMILES string of the molecule is CCc1cccc2c(/C=C(\C(=O)NCc3ccccn3)c3nc4ccccc4[nH]3)c[nH]c12. The molecule has 0 unspecified atom stereocenters. The van der Waals surface area contributed by atoms with Crippen molar-refractivity contribution < 1.29 is 4.79 Å². The third-order valence-corrected chi connectivity index (χ3v) is 5.56. The van der Waals surface area contributed by atoms with Crippen molar-refractivity contribution in [3.63, 3.8) is 0 Å². The lowest BCUT2D eigenvalue weighted by molar-refractivity contribution is -0.115. The van der Waals surface area contributed by atoms with Crippen molar-refractivity contribution in [1.82, 2.24) is 25.3 Å². The van der Waals surface area contributed by atoms with Gasteiger partial charge in [0, 0.05) is 28.9 Å². The van der Waals surface area contributed by atoms with E-state index in [2.05, 4.69) is 44.3 Å². The van der Waals surface area contributed by atoms with Gasteiger partial charge >= 0.3 is 0 Å². The number of amides is 1. The molecule has 3 N–H and O–H groups in total. The van der Waals surface area contributed by atoms with Crippen molar-refractivity contribution in [2.45, 2.75) is 19.9 Å². The van der Waals surface area contributed by atoms with Gasteiger partial charge in [0.05, 0.1) is 28.8 Å². The molecule has 0 aliphatic rings. The van der Waals surface area contributed by atoms with Gasteiger partial charge in [0.1, 0.15) is 5.82 Å². The molecule has 0 spiro atoms. The van der Waals surface area contributed by atoms with Crippen molar-refractivity contribution in [2.75, 3.05) is 0 Å². The standard InChI is InChI=1S/C26H23N5O/c1-2-17-8-7-10-20-18(15-28-24(17)20)14-21(25-30-22-11-3-4-12-23(22)31-25)26(32)29-16-19-9-5-6-13-27-19/h3-15,28H,2,16H2,1H3,(H,29,32)(H,30,31)/b21-14-. The summed E-state index contributed by atoms with van der Waals surface area (Å²) in [5.41, 5.74) is 6.26. The molecule has 6 heteroatoms. The molecule has 3 heterocycles.